The Bertz CT molecular complexity index is 2580. The summed E-state index contributed by atoms with van der Waals surface area (Å²) in [5.41, 5.74) is 15.2. The molecule has 0 aliphatic heterocycles. The summed E-state index contributed by atoms with van der Waals surface area (Å²) in [5.74, 6) is 0. The lowest BCUT2D eigenvalue weighted by Gasteiger charge is -2.19. The molecule has 0 amide bonds. The molecule has 0 bridgehead atoms. The van der Waals surface area contributed by atoms with Crippen molar-refractivity contribution >= 4 is 38.1 Å². The average molecular weight is 602 g/mol. The van der Waals surface area contributed by atoms with E-state index in [1.807, 2.05) is 0 Å². The van der Waals surface area contributed by atoms with Gasteiger partial charge in [0.05, 0.1) is 16.6 Å². The highest BCUT2D eigenvalue weighted by atomic mass is 14.9. The highest BCUT2D eigenvalue weighted by molar-refractivity contribution is 6.23. The molecular formula is C46H35N. The Kier molecular flexibility index (Phi) is 6.14. The van der Waals surface area contributed by atoms with E-state index in [1.165, 1.54) is 88.2 Å². The Morgan fingerprint density at radius 3 is 1.36 bits per heavy atom. The number of benzene rings is 7. The van der Waals surface area contributed by atoms with Crippen molar-refractivity contribution in [1.29, 1.82) is 0 Å². The third-order valence-electron chi connectivity index (χ3n) is 9.90. The van der Waals surface area contributed by atoms with Crippen LogP contribution in [0.15, 0.2) is 158 Å². The first-order valence-corrected chi connectivity index (χ1v) is 16.5. The number of aromatic nitrogens is 1. The third kappa shape index (κ3) is 4.54. The number of rotatable bonds is 4. The summed E-state index contributed by atoms with van der Waals surface area (Å²) < 4.78 is 2.47. The first-order chi connectivity index (χ1) is 22.9. The van der Waals surface area contributed by atoms with Crippen molar-refractivity contribution in [3.63, 3.8) is 0 Å². The van der Waals surface area contributed by atoms with Crippen LogP contribution in [0.5, 0.6) is 0 Å². The van der Waals surface area contributed by atoms with E-state index in [0.29, 0.717) is 0 Å². The quantitative estimate of drug-likeness (QED) is 0.189. The highest BCUT2D eigenvalue weighted by Crippen LogP contribution is 2.41. The fraction of sp³-hybridized carbons (Fsp3) is 0.0870. The second-order valence-corrected chi connectivity index (χ2v) is 13.9. The van der Waals surface area contributed by atoms with Gasteiger partial charge in [-0.15, -0.1) is 0 Å². The van der Waals surface area contributed by atoms with Gasteiger partial charge in [-0.05, 0) is 91.9 Å². The standard InChI is InChI=1S/C46H35N/c1-46(2,3)38-23-25-44-42(29-38)40-17-9-16-39-41-28-37(22-24-43(41)47(44)45(39)40)36-15-8-14-35(27-36)34-13-7-12-33(26-34)32-20-18-31(19-21-32)30-10-5-4-6-11-30/h4-29H,1-3H3. The molecule has 224 valence electrons. The van der Waals surface area contributed by atoms with Crippen molar-refractivity contribution in [3.8, 4) is 44.5 Å². The topological polar surface area (TPSA) is 4.41 Å². The minimum Gasteiger partial charge on any atom is -0.308 e. The Morgan fingerprint density at radius 2 is 0.766 bits per heavy atom. The van der Waals surface area contributed by atoms with Gasteiger partial charge in [-0.3, -0.25) is 0 Å². The van der Waals surface area contributed by atoms with Gasteiger partial charge in [0.25, 0.3) is 0 Å². The van der Waals surface area contributed by atoms with E-state index in [1.54, 1.807) is 0 Å². The van der Waals surface area contributed by atoms with Crippen LogP contribution >= 0.6 is 0 Å². The summed E-state index contributed by atoms with van der Waals surface area (Å²) in [5, 5.41) is 5.29. The van der Waals surface area contributed by atoms with Gasteiger partial charge in [0, 0.05) is 21.5 Å². The van der Waals surface area contributed by atoms with Crippen LogP contribution in [-0.2, 0) is 5.41 Å². The zero-order valence-corrected chi connectivity index (χ0v) is 27.0. The van der Waals surface area contributed by atoms with Crippen molar-refractivity contribution in [2.45, 2.75) is 26.2 Å². The number of fused-ring (bicyclic) bond motifs is 6. The molecule has 1 nitrogen and oxygen atoms in total. The maximum atomic E-state index is 2.47. The Hall–Kier alpha value is -5.66. The second kappa shape index (κ2) is 10.4. The summed E-state index contributed by atoms with van der Waals surface area (Å²) in [6.45, 7) is 6.87. The normalized spacial score (nSPS) is 12.1. The van der Waals surface area contributed by atoms with Gasteiger partial charge in [0.1, 0.15) is 0 Å². The lowest BCUT2D eigenvalue weighted by molar-refractivity contribution is 0.591. The fourth-order valence-electron chi connectivity index (χ4n) is 7.37. The summed E-state index contributed by atoms with van der Waals surface area (Å²) in [6.07, 6.45) is 0. The van der Waals surface area contributed by atoms with Crippen molar-refractivity contribution < 1.29 is 0 Å². The maximum Gasteiger partial charge on any atom is 0.0620 e. The van der Waals surface area contributed by atoms with Gasteiger partial charge in [-0.25, -0.2) is 0 Å². The van der Waals surface area contributed by atoms with E-state index in [0.717, 1.165) is 0 Å². The van der Waals surface area contributed by atoms with E-state index < -0.39 is 0 Å². The van der Waals surface area contributed by atoms with Crippen LogP contribution in [0.2, 0.25) is 0 Å². The SMILES string of the molecule is CC(C)(C)c1ccc2c(c1)c1cccc3c4cc(-c5cccc(-c6cccc(-c7ccc(-c8ccccc8)cc7)c6)c5)ccc4n2c31. The molecule has 0 unspecified atom stereocenters. The summed E-state index contributed by atoms with van der Waals surface area (Å²) in [4.78, 5) is 0. The van der Waals surface area contributed by atoms with Gasteiger partial charge < -0.3 is 4.40 Å². The molecule has 47 heavy (non-hydrogen) atoms. The van der Waals surface area contributed by atoms with E-state index in [4.69, 9.17) is 0 Å². The first-order valence-electron chi connectivity index (χ1n) is 16.5. The fourth-order valence-corrected chi connectivity index (χ4v) is 7.37. The summed E-state index contributed by atoms with van der Waals surface area (Å²) in [6, 6.07) is 58.1. The van der Waals surface area contributed by atoms with E-state index in [9.17, 15) is 0 Å². The highest BCUT2D eigenvalue weighted by Gasteiger charge is 2.20. The third-order valence-corrected chi connectivity index (χ3v) is 9.90. The van der Waals surface area contributed by atoms with Crippen LogP contribution in [0.4, 0.5) is 0 Å². The minimum atomic E-state index is 0.112. The molecule has 2 aromatic heterocycles. The Morgan fingerprint density at radius 1 is 0.340 bits per heavy atom. The molecule has 7 aromatic carbocycles. The number of hydrogen-bond donors (Lipinski definition) is 0. The monoisotopic (exact) mass is 601 g/mol. The average Bonchev–Trinajstić information content (AvgIpc) is 3.63. The van der Waals surface area contributed by atoms with Gasteiger partial charge in [0.2, 0.25) is 0 Å². The van der Waals surface area contributed by atoms with Crippen molar-refractivity contribution in [2.75, 3.05) is 0 Å². The van der Waals surface area contributed by atoms with Crippen molar-refractivity contribution in [3.05, 3.63) is 163 Å². The molecule has 0 N–H and O–H groups in total. The smallest absolute Gasteiger partial charge is 0.0620 e. The van der Waals surface area contributed by atoms with Gasteiger partial charge >= 0.3 is 0 Å². The van der Waals surface area contributed by atoms with Crippen LogP contribution < -0.4 is 0 Å². The first kappa shape index (κ1) is 27.6. The van der Waals surface area contributed by atoms with Gasteiger partial charge in [0.15, 0.2) is 0 Å². The van der Waals surface area contributed by atoms with Gasteiger partial charge in [-0.2, -0.15) is 0 Å². The molecule has 0 saturated carbocycles. The molecule has 0 saturated heterocycles. The zero-order valence-electron chi connectivity index (χ0n) is 27.0. The van der Waals surface area contributed by atoms with E-state index in [-0.39, 0.29) is 5.41 Å². The molecule has 1 heteroatoms. The largest absolute Gasteiger partial charge is 0.308 e. The molecule has 0 aliphatic rings. The predicted octanol–water partition coefficient (Wildman–Crippen LogP) is 12.8. The Labute approximate surface area is 275 Å². The Balaban J connectivity index is 1.10. The summed E-state index contributed by atoms with van der Waals surface area (Å²) >= 11 is 0. The maximum absolute atomic E-state index is 2.47. The predicted molar refractivity (Wildman–Crippen MR) is 202 cm³/mol. The number of hydrogen-bond acceptors (Lipinski definition) is 0. The van der Waals surface area contributed by atoms with Crippen LogP contribution in [0.1, 0.15) is 26.3 Å². The van der Waals surface area contributed by atoms with Crippen LogP contribution in [0, 0.1) is 0 Å². The molecule has 0 atom stereocenters. The number of para-hydroxylation sites is 1. The zero-order chi connectivity index (χ0) is 31.7. The molecular weight excluding hydrogens is 567 g/mol. The van der Waals surface area contributed by atoms with E-state index in [2.05, 4.69) is 183 Å². The molecule has 2 heterocycles. The lowest BCUT2D eigenvalue weighted by atomic mass is 9.86. The van der Waals surface area contributed by atoms with Crippen LogP contribution in [-0.4, -0.2) is 4.40 Å². The van der Waals surface area contributed by atoms with Crippen molar-refractivity contribution in [1.82, 2.24) is 4.40 Å². The minimum absolute atomic E-state index is 0.112. The molecule has 9 aromatic rings. The number of nitrogens with zero attached hydrogens (tertiary/aromatic N) is 1. The van der Waals surface area contributed by atoms with Crippen LogP contribution in [0.3, 0.4) is 0 Å². The van der Waals surface area contributed by atoms with Crippen LogP contribution in [0.25, 0.3) is 82.6 Å². The second-order valence-electron chi connectivity index (χ2n) is 13.9. The molecule has 9 rings (SSSR count). The molecule has 0 fully saturated rings. The van der Waals surface area contributed by atoms with Gasteiger partial charge in [-0.1, -0.05) is 142 Å². The molecule has 0 spiro atoms. The lowest BCUT2D eigenvalue weighted by Crippen LogP contribution is -2.10. The van der Waals surface area contributed by atoms with Crippen molar-refractivity contribution in [2.24, 2.45) is 0 Å². The summed E-state index contributed by atoms with van der Waals surface area (Å²) in [7, 11) is 0. The molecule has 0 aliphatic carbocycles. The van der Waals surface area contributed by atoms with E-state index >= 15 is 0 Å². The molecule has 0 radical (unpaired) electrons.